The number of imidazole rings is 1. The summed E-state index contributed by atoms with van der Waals surface area (Å²) in [6, 6.07) is 7.20. The van der Waals surface area contributed by atoms with Crippen LogP contribution in [0.25, 0.3) is 17.1 Å². The van der Waals surface area contributed by atoms with Gasteiger partial charge in [0.15, 0.2) is 11.4 Å². The lowest BCUT2D eigenvalue weighted by atomic mass is 10.4. The van der Waals surface area contributed by atoms with Crippen molar-refractivity contribution < 1.29 is 4.42 Å². The van der Waals surface area contributed by atoms with E-state index in [4.69, 9.17) is 10.2 Å². The van der Waals surface area contributed by atoms with Crippen LogP contribution in [-0.2, 0) is 0 Å². The fourth-order valence-corrected chi connectivity index (χ4v) is 1.44. The third-order valence-electron chi connectivity index (χ3n) is 2.11. The lowest BCUT2D eigenvalue weighted by Crippen LogP contribution is -1.95. The molecule has 0 unspecified atom stereocenters. The van der Waals surface area contributed by atoms with Crippen LogP contribution in [0, 0.1) is 0 Å². The van der Waals surface area contributed by atoms with Crippen LogP contribution in [0.1, 0.15) is 0 Å². The predicted octanol–water partition coefficient (Wildman–Crippen LogP) is 1.57. The van der Waals surface area contributed by atoms with Crippen molar-refractivity contribution in [1.82, 2.24) is 14.6 Å². The van der Waals surface area contributed by atoms with Crippen LogP contribution in [-0.4, -0.2) is 14.6 Å². The Balaban J connectivity index is 2.22. The summed E-state index contributed by atoms with van der Waals surface area (Å²) in [5.41, 5.74) is 7.06. The van der Waals surface area contributed by atoms with Gasteiger partial charge in [0.05, 0.1) is 12.5 Å². The first-order chi connectivity index (χ1) is 7.33. The quantitative estimate of drug-likeness (QED) is 0.647. The van der Waals surface area contributed by atoms with E-state index in [0.717, 1.165) is 17.1 Å². The van der Waals surface area contributed by atoms with Crippen molar-refractivity contribution in [2.45, 2.75) is 0 Å². The van der Waals surface area contributed by atoms with Gasteiger partial charge in [-0.1, -0.05) is 0 Å². The Morgan fingerprint density at radius 3 is 3.00 bits per heavy atom. The number of aromatic nitrogens is 3. The molecule has 0 atom stereocenters. The topological polar surface area (TPSA) is 69.3 Å². The molecule has 0 aliphatic carbocycles. The fourth-order valence-electron chi connectivity index (χ4n) is 1.44. The van der Waals surface area contributed by atoms with E-state index in [9.17, 15) is 0 Å². The Morgan fingerprint density at radius 1 is 1.27 bits per heavy atom. The highest BCUT2D eigenvalue weighted by Crippen LogP contribution is 2.18. The average Bonchev–Trinajstić information content (AvgIpc) is 2.84. The largest absolute Gasteiger partial charge is 0.463 e. The summed E-state index contributed by atoms with van der Waals surface area (Å²) in [6.07, 6.45) is 3.39. The maximum Gasteiger partial charge on any atom is 0.154 e. The van der Waals surface area contributed by atoms with Gasteiger partial charge in [-0.25, -0.2) is 9.50 Å². The lowest BCUT2D eigenvalue weighted by molar-refractivity contribution is 0.580. The van der Waals surface area contributed by atoms with Gasteiger partial charge in [-0.15, -0.1) is 5.10 Å². The maximum absolute atomic E-state index is 5.57. The predicted molar refractivity (Wildman–Crippen MR) is 55.1 cm³/mol. The molecular weight excluding hydrogens is 192 g/mol. The van der Waals surface area contributed by atoms with E-state index < -0.39 is 0 Å². The van der Waals surface area contributed by atoms with Gasteiger partial charge in [-0.3, -0.25) is 0 Å². The average molecular weight is 200 g/mol. The van der Waals surface area contributed by atoms with Gasteiger partial charge in [-0.05, 0) is 24.3 Å². The van der Waals surface area contributed by atoms with Crippen molar-refractivity contribution in [1.29, 1.82) is 0 Å². The zero-order valence-electron chi connectivity index (χ0n) is 7.79. The number of rotatable bonds is 1. The van der Waals surface area contributed by atoms with Gasteiger partial charge < -0.3 is 10.2 Å². The Bertz CT molecular complexity index is 597. The van der Waals surface area contributed by atoms with E-state index in [-0.39, 0.29) is 0 Å². The molecule has 5 nitrogen and oxygen atoms in total. The first-order valence-corrected chi connectivity index (χ1v) is 4.49. The molecule has 3 rings (SSSR count). The molecule has 0 aromatic carbocycles. The molecule has 0 radical (unpaired) electrons. The van der Waals surface area contributed by atoms with E-state index in [2.05, 4.69) is 10.1 Å². The molecule has 0 aliphatic rings. The van der Waals surface area contributed by atoms with Crippen molar-refractivity contribution in [2.24, 2.45) is 0 Å². The normalized spacial score (nSPS) is 10.9. The molecule has 5 heteroatoms. The summed E-state index contributed by atoms with van der Waals surface area (Å²) in [5.74, 6) is 1.19. The van der Waals surface area contributed by atoms with Crippen LogP contribution in [0.2, 0.25) is 0 Å². The zero-order chi connectivity index (χ0) is 10.3. The number of nitrogen functional groups attached to an aromatic ring is 1. The van der Waals surface area contributed by atoms with Crippen molar-refractivity contribution in [2.75, 3.05) is 5.73 Å². The molecule has 3 aromatic rings. The van der Waals surface area contributed by atoms with Crippen molar-refractivity contribution in [3.63, 3.8) is 0 Å². The van der Waals surface area contributed by atoms with Crippen LogP contribution in [0.4, 0.5) is 5.82 Å². The molecule has 0 amide bonds. The molecular formula is C10H8N4O. The summed E-state index contributed by atoms with van der Waals surface area (Å²) in [5, 5.41) is 4.10. The van der Waals surface area contributed by atoms with Crippen molar-refractivity contribution in [3.05, 3.63) is 36.7 Å². The lowest BCUT2D eigenvalue weighted by Gasteiger charge is -1.91. The fraction of sp³-hybridized carbons (Fsp3) is 0. The molecule has 0 fully saturated rings. The van der Waals surface area contributed by atoms with Crippen molar-refractivity contribution in [3.8, 4) is 11.5 Å². The third-order valence-corrected chi connectivity index (χ3v) is 2.11. The van der Waals surface area contributed by atoms with E-state index in [1.807, 2.05) is 18.2 Å². The minimum Gasteiger partial charge on any atom is -0.463 e. The number of fused-ring (bicyclic) bond motifs is 1. The molecule has 3 aromatic heterocycles. The van der Waals surface area contributed by atoms with Crippen LogP contribution in [0.5, 0.6) is 0 Å². The number of hydrogen-bond donors (Lipinski definition) is 1. The van der Waals surface area contributed by atoms with Crippen LogP contribution < -0.4 is 5.73 Å². The number of furan rings is 1. The number of nitrogens with zero attached hydrogens (tertiary/aromatic N) is 3. The number of nitrogens with two attached hydrogens (primary N) is 1. The van der Waals surface area contributed by atoms with Crippen LogP contribution >= 0.6 is 0 Å². The molecule has 0 spiro atoms. The Morgan fingerprint density at radius 2 is 2.20 bits per heavy atom. The second-order valence-corrected chi connectivity index (χ2v) is 3.16. The Hall–Kier alpha value is -2.30. The molecule has 15 heavy (non-hydrogen) atoms. The van der Waals surface area contributed by atoms with E-state index >= 15 is 0 Å². The summed E-state index contributed by atoms with van der Waals surface area (Å²) < 4.78 is 6.88. The second kappa shape index (κ2) is 2.84. The minimum absolute atomic E-state index is 0.464. The monoisotopic (exact) mass is 200 g/mol. The summed E-state index contributed by atoms with van der Waals surface area (Å²) in [6.45, 7) is 0. The molecule has 2 N–H and O–H groups in total. The first-order valence-electron chi connectivity index (χ1n) is 4.49. The van der Waals surface area contributed by atoms with E-state index in [1.165, 1.54) is 0 Å². The molecule has 0 saturated heterocycles. The van der Waals surface area contributed by atoms with E-state index in [0.29, 0.717) is 5.82 Å². The first kappa shape index (κ1) is 8.05. The number of hydrogen-bond acceptors (Lipinski definition) is 4. The number of anilines is 1. The van der Waals surface area contributed by atoms with Crippen LogP contribution in [0.15, 0.2) is 41.1 Å². The van der Waals surface area contributed by atoms with Crippen molar-refractivity contribution >= 4 is 11.5 Å². The van der Waals surface area contributed by atoms with Gasteiger partial charge >= 0.3 is 0 Å². The van der Waals surface area contributed by atoms with Crippen LogP contribution in [0.3, 0.4) is 0 Å². The second-order valence-electron chi connectivity index (χ2n) is 3.16. The zero-order valence-corrected chi connectivity index (χ0v) is 7.79. The highest BCUT2D eigenvalue weighted by atomic mass is 16.3. The summed E-state index contributed by atoms with van der Waals surface area (Å²) in [7, 11) is 0. The molecule has 74 valence electrons. The summed E-state index contributed by atoms with van der Waals surface area (Å²) in [4.78, 5) is 4.35. The van der Waals surface area contributed by atoms with Gasteiger partial charge in [0, 0.05) is 0 Å². The Labute approximate surface area is 85.1 Å². The summed E-state index contributed by atoms with van der Waals surface area (Å²) >= 11 is 0. The smallest absolute Gasteiger partial charge is 0.154 e. The van der Waals surface area contributed by atoms with Gasteiger partial charge in [0.25, 0.3) is 0 Å². The minimum atomic E-state index is 0.464. The SMILES string of the molecule is Nc1ccc2nc(-c3ccco3)cn2n1. The maximum atomic E-state index is 5.57. The van der Waals surface area contributed by atoms with E-state index in [1.54, 1.807) is 23.0 Å². The highest BCUT2D eigenvalue weighted by molar-refractivity contribution is 5.57. The molecule has 3 heterocycles. The molecule has 0 bridgehead atoms. The Kier molecular flexibility index (Phi) is 1.53. The third kappa shape index (κ3) is 1.25. The standard InChI is InChI=1S/C10H8N4O/c11-9-3-4-10-12-7(6-14(10)13-9)8-2-1-5-15-8/h1-6H,(H2,11,13). The van der Waals surface area contributed by atoms with Gasteiger partial charge in [0.2, 0.25) is 0 Å². The highest BCUT2D eigenvalue weighted by Gasteiger charge is 2.06. The molecule has 0 saturated carbocycles. The molecule has 0 aliphatic heterocycles. The van der Waals surface area contributed by atoms with Gasteiger partial charge in [0.1, 0.15) is 11.5 Å². The van der Waals surface area contributed by atoms with Gasteiger partial charge in [-0.2, -0.15) is 0 Å².